The van der Waals surface area contributed by atoms with Crippen LogP contribution in [0.2, 0.25) is 0 Å². The third-order valence-electron chi connectivity index (χ3n) is 2.43. The Morgan fingerprint density at radius 2 is 2.00 bits per heavy atom. The SMILES string of the molecule is CC(C)OCc1cccc(NC(=O)CNC(=O)CN)c1.Cl. The lowest BCUT2D eigenvalue weighted by atomic mass is 10.2. The molecule has 0 fully saturated rings. The van der Waals surface area contributed by atoms with Gasteiger partial charge in [0.15, 0.2) is 0 Å². The molecule has 0 aromatic heterocycles. The Hall–Kier alpha value is -1.63. The molecule has 0 unspecified atom stereocenters. The third kappa shape index (κ3) is 8.29. The van der Waals surface area contributed by atoms with E-state index in [1.54, 1.807) is 6.07 Å². The summed E-state index contributed by atoms with van der Waals surface area (Å²) in [5.74, 6) is -0.659. The van der Waals surface area contributed by atoms with Crippen LogP contribution >= 0.6 is 12.4 Å². The number of ether oxygens (including phenoxy) is 1. The molecule has 0 aliphatic carbocycles. The van der Waals surface area contributed by atoms with Crippen LogP contribution in [0.15, 0.2) is 24.3 Å². The van der Waals surface area contributed by atoms with E-state index in [4.69, 9.17) is 10.5 Å². The van der Waals surface area contributed by atoms with Gasteiger partial charge in [0.05, 0.1) is 25.8 Å². The number of hydrogen-bond acceptors (Lipinski definition) is 4. The first-order valence-electron chi connectivity index (χ1n) is 6.48. The maximum Gasteiger partial charge on any atom is 0.243 e. The van der Waals surface area contributed by atoms with Crippen molar-refractivity contribution in [3.63, 3.8) is 0 Å². The van der Waals surface area contributed by atoms with Crippen molar-refractivity contribution >= 4 is 29.9 Å². The van der Waals surface area contributed by atoms with Gasteiger partial charge in [-0.3, -0.25) is 9.59 Å². The second-order valence-corrected chi connectivity index (χ2v) is 4.59. The fraction of sp³-hybridized carbons (Fsp3) is 0.429. The Balaban J connectivity index is 0.00000400. The van der Waals surface area contributed by atoms with Crippen molar-refractivity contribution in [2.45, 2.75) is 26.6 Å². The summed E-state index contributed by atoms with van der Waals surface area (Å²) < 4.78 is 5.50. The van der Waals surface area contributed by atoms with Crippen LogP contribution in [0.1, 0.15) is 19.4 Å². The topological polar surface area (TPSA) is 93.5 Å². The highest BCUT2D eigenvalue weighted by Crippen LogP contribution is 2.12. The van der Waals surface area contributed by atoms with Crippen LogP contribution in [-0.2, 0) is 20.9 Å². The molecule has 0 bridgehead atoms. The molecule has 118 valence electrons. The van der Waals surface area contributed by atoms with Gasteiger partial charge in [-0.2, -0.15) is 0 Å². The third-order valence-corrected chi connectivity index (χ3v) is 2.43. The molecular weight excluding hydrogens is 294 g/mol. The summed E-state index contributed by atoms with van der Waals surface area (Å²) in [6.07, 6.45) is 0.153. The molecule has 6 nitrogen and oxygen atoms in total. The molecule has 1 rings (SSSR count). The highest BCUT2D eigenvalue weighted by atomic mass is 35.5. The van der Waals surface area contributed by atoms with Gasteiger partial charge in [0, 0.05) is 5.69 Å². The van der Waals surface area contributed by atoms with Crippen LogP contribution in [0.25, 0.3) is 0 Å². The average Bonchev–Trinajstić information content (AvgIpc) is 2.43. The van der Waals surface area contributed by atoms with Crippen LogP contribution in [0.5, 0.6) is 0 Å². The van der Waals surface area contributed by atoms with Crippen molar-refractivity contribution in [2.75, 3.05) is 18.4 Å². The molecule has 0 radical (unpaired) electrons. The number of carbonyl (C=O) groups excluding carboxylic acids is 2. The van der Waals surface area contributed by atoms with Crippen molar-refractivity contribution in [3.8, 4) is 0 Å². The molecule has 7 heteroatoms. The van der Waals surface area contributed by atoms with E-state index in [0.717, 1.165) is 5.56 Å². The molecule has 21 heavy (non-hydrogen) atoms. The van der Waals surface area contributed by atoms with Gasteiger partial charge in [0.2, 0.25) is 11.8 Å². The maximum atomic E-state index is 11.6. The van der Waals surface area contributed by atoms with Crippen LogP contribution in [0, 0.1) is 0 Å². The molecular formula is C14H22ClN3O3. The van der Waals surface area contributed by atoms with Crippen molar-refractivity contribution < 1.29 is 14.3 Å². The first-order valence-corrected chi connectivity index (χ1v) is 6.48. The summed E-state index contributed by atoms with van der Waals surface area (Å²) in [6, 6.07) is 7.38. The van der Waals surface area contributed by atoms with Crippen molar-refractivity contribution in [2.24, 2.45) is 5.73 Å². The van der Waals surface area contributed by atoms with Crippen molar-refractivity contribution in [3.05, 3.63) is 29.8 Å². The zero-order chi connectivity index (χ0) is 15.0. The molecule has 0 spiro atoms. The molecule has 1 aromatic carbocycles. The lowest BCUT2D eigenvalue weighted by Gasteiger charge is -2.10. The van der Waals surface area contributed by atoms with E-state index >= 15 is 0 Å². The predicted molar refractivity (Wildman–Crippen MR) is 84.3 cm³/mol. The summed E-state index contributed by atoms with van der Waals surface area (Å²) in [5, 5.41) is 5.11. The number of nitrogens with two attached hydrogens (primary N) is 1. The summed E-state index contributed by atoms with van der Waals surface area (Å²) in [6.45, 7) is 4.20. The van der Waals surface area contributed by atoms with Gasteiger partial charge in [-0.15, -0.1) is 12.4 Å². The fourth-order valence-electron chi connectivity index (χ4n) is 1.46. The lowest BCUT2D eigenvalue weighted by Crippen LogP contribution is -2.36. The molecule has 0 saturated heterocycles. The minimum absolute atomic E-state index is 0. The lowest BCUT2D eigenvalue weighted by molar-refractivity contribution is -0.123. The molecule has 0 aliphatic rings. The highest BCUT2D eigenvalue weighted by Gasteiger charge is 2.05. The zero-order valence-corrected chi connectivity index (χ0v) is 13.0. The Labute approximate surface area is 130 Å². The Kier molecular flexibility index (Phi) is 9.36. The van der Waals surface area contributed by atoms with Crippen molar-refractivity contribution in [1.29, 1.82) is 0 Å². The standard InChI is InChI=1S/C14H21N3O3.ClH/c1-10(2)20-9-11-4-3-5-12(6-11)17-14(19)8-16-13(18)7-15;/h3-6,10H,7-9,15H2,1-2H3,(H,16,18)(H,17,19);1H. The van der Waals surface area contributed by atoms with Gasteiger partial charge in [-0.05, 0) is 31.5 Å². The van der Waals surface area contributed by atoms with Crippen molar-refractivity contribution in [1.82, 2.24) is 5.32 Å². The average molecular weight is 316 g/mol. The largest absolute Gasteiger partial charge is 0.374 e. The van der Waals surface area contributed by atoms with Gasteiger partial charge in [-0.25, -0.2) is 0 Å². The number of rotatable bonds is 7. The summed E-state index contributed by atoms with van der Waals surface area (Å²) in [5.41, 5.74) is 6.77. The van der Waals surface area contributed by atoms with Gasteiger partial charge < -0.3 is 21.1 Å². The minimum atomic E-state index is -0.362. The molecule has 1 aromatic rings. The molecule has 0 atom stereocenters. The van der Waals surface area contributed by atoms with Gasteiger partial charge >= 0.3 is 0 Å². The zero-order valence-electron chi connectivity index (χ0n) is 12.2. The molecule has 0 aliphatic heterocycles. The summed E-state index contributed by atoms with van der Waals surface area (Å²) >= 11 is 0. The smallest absolute Gasteiger partial charge is 0.243 e. The van der Waals surface area contributed by atoms with E-state index in [-0.39, 0.29) is 43.4 Å². The van der Waals surface area contributed by atoms with Crippen LogP contribution in [0.4, 0.5) is 5.69 Å². The molecule has 4 N–H and O–H groups in total. The van der Waals surface area contributed by atoms with Crippen LogP contribution in [0.3, 0.4) is 0 Å². The predicted octanol–water partition coefficient (Wildman–Crippen LogP) is 1.05. The van der Waals surface area contributed by atoms with Gasteiger partial charge in [-0.1, -0.05) is 12.1 Å². The number of nitrogens with one attached hydrogen (secondary N) is 2. The number of halogens is 1. The van der Waals surface area contributed by atoms with Gasteiger partial charge in [0.25, 0.3) is 0 Å². The number of hydrogen-bond donors (Lipinski definition) is 3. The van der Waals surface area contributed by atoms with Crippen LogP contribution in [-0.4, -0.2) is 31.0 Å². The van der Waals surface area contributed by atoms with E-state index in [9.17, 15) is 9.59 Å². The Bertz CT molecular complexity index is 467. The van der Waals surface area contributed by atoms with E-state index in [1.807, 2.05) is 32.0 Å². The second-order valence-electron chi connectivity index (χ2n) is 4.59. The fourth-order valence-corrected chi connectivity index (χ4v) is 1.46. The molecule has 2 amide bonds. The highest BCUT2D eigenvalue weighted by molar-refractivity contribution is 5.94. The normalized spacial score (nSPS) is 9.90. The summed E-state index contributed by atoms with van der Waals surface area (Å²) in [7, 11) is 0. The monoisotopic (exact) mass is 315 g/mol. The molecule has 0 saturated carbocycles. The minimum Gasteiger partial charge on any atom is -0.374 e. The maximum absolute atomic E-state index is 11.6. The van der Waals surface area contributed by atoms with Crippen LogP contribution < -0.4 is 16.4 Å². The first kappa shape index (κ1) is 19.4. The number of carbonyl (C=O) groups is 2. The second kappa shape index (κ2) is 10.1. The Morgan fingerprint density at radius 3 is 2.62 bits per heavy atom. The Morgan fingerprint density at radius 1 is 1.29 bits per heavy atom. The first-order chi connectivity index (χ1) is 9.51. The van der Waals surface area contributed by atoms with E-state index in [2.05, 4.69) is 10.6 Å². The molecule has 0 heterocycles. The van der Waals surface area contributed by atoms with E-state index in [1.165, 1.54) is 0 Å². The number of anilines is 1. The van der Waals surface area contributed by atoms with E-state index in [0.29, 0.717) is 12.3 Å². The quantitative estimate of drug-likeness (QED) is 0.701. The number of amides is 2. The summed E-state index contributed by atoms with van der Waals surface area (Å²) in [4.78, 5) is 22.6. The van der Waals surface area contributed by atoms with E-state index < -0.39 is 0 Å². The van der Waals surface area contributed by atoms with Gasteiger partial charge in [0.1, 0.15) is 0 Å². The number of benzene rings is 1.